The van der Waals surface area contributed by atoms with E-state index in [0.717, 1.165) is 6.08 Å². The normalized spacial score (nSPS) is 33.9. The van der Waals surface area contributed by atoms with Crippen LogP contribution in [0, 0.1) is 11.8 Å². The first-order chi connectivity index (χ1) is 19.4. The third-order valence-corrected chi connectivity index (χ3v) is 7.27. The molecule has 226 valence electrons. The number of nitrogens with two attached hydrogens (primary N) is 1. The molecule has 0 aromatic heterocycles. The van der Waals surface area contributed by atoms with E-state index < -0.39 is 54.1 Å². The van der Waals surface area contributed by atoms with Gasteiger partial charge in [-0.25, -0.2) is 4.79 Å². The second kappa shape index (κ2) is 15.6. The molecular formula is C30H42N2O9. The van der Waals surface area contributed by atoms with E-state index in [0.29, 0.717) is 12.0 Å². The van der Waals surface area contributed by atoms with Gasteiger partial charge in [-0.2, -0.15) is 0 Å². The van der Waals surface area contributed by atoms with Crippen LogP contribution in [0.25, 0.3) is 0 Å². The molecule has 11 nitrogen and oxygen atoms in total. The van der Waals surface area contributed by atoms with Crippen LogP contribution in [0.5, 0.6) is 0 Å². The molecule has 1 aliphatic carbocycles. The van der Waals surface area contributed by atoms with E-state index in [4.69, 9.17) is 29.4 Å². The first kappa shape index (κ1) is 33.8. The Kier molecular flexibility index (Phi) is 12.8. The number of amides is 2. The number of hydrogen-bond donors (Lipinski definition) is 2. The summed E-state index contributed by atoms with van der Waals surface area (Å²) in [6.07, 6.45) is 5.11. The number of nitrogens with one attached hydrogen (secondary N) is 1. The Balaban J connectivity index is 2.66. The molecule has 0 aromatic carbocycles. The highest BCUT2D eigenvalue weighted by atomic mass is 16.6. The quantitative estimate of drug-likeness (QED) is 0.373. The maximum absolute atomic E-state index is 13.4. The first-order valence-electron chi connectivity index (χ1n) is 13.3. The van der Waals surface area contributed by atoms with Gasteiger partial charge in [-0.3, -0.25) is 14.4 Å². The van der Waals surface area contributed by atoms with Crippen molar-refractivity contribution in [3.8, 4) is 0 Å². The van der Waals surface area contributed by atoms with Gasteiger partial charge in [0.15, 0.2) is 11.9 Å². The highest BCUT2D eigenvalue weighted by Crippen LogP contribution is 2.30. The maximum Gasteiger partial charge on any atom is 0.405 e. The number of allylic oxidation sites excluding steroid dienone is 5. The summed E-state index contributed by atoms with van der Waals surface area (Å²) in [5.41, 5.74) is 6.29. The minimum atomic E-state index is -0.972. The standard InChI is InChI=1S/C30H42N2O9/c1-16-10-9-11-23(37-5)28(41-30(31)36)18(3)12-17(2)27(40-8)24(38-6)13-19(4)26(39-7)21-14-20(33)15-22(25(21)34)32-29(16)35/h9-12,14-15,17,19,23-24,26-28H,13H2,1-8H3,(H2,31,36)(H,32,35)/b11-9-,16-10+,18-12+/t17-,19-,23-,24-,26+,27?,28?/m0/s1. The number of methoxy groups -OCH3 is 4. The Morgan fingerprint density at radius 1 is 0.951 bits per heavy atom. The van der Waals surface area contributed by atoms with Crippen molar-refractivity contribution >= 4 is 23.6 Å². The summed E-state index contributed by atoms with van der Waals surface area (Å²) in [7, 11) is 6.05. The fourth-order valence-corrected chi connectivity index (χ4v) is 5.21. The summed E-state index contributed by atoms with van der Waals surface area (Å²) < 4.78 is 28.4. The molecule has 2 aliphatic rings. The molecule has 3 N–H and O–H groups in total. The molecule has 0 saturated heterocycles. The molecule has 0 saturated carbocycles. The van der Waals surface area contributed by atoms with Crippen LogP contribution >= 0.6 is 0 Å². The molecule has 2 rings (SSSR count). The summed E-state index contributed by atoms with van der Waals surface area (Å²) in [6, 6.07) is 0. The number of carbonyl (C=O) groups excluding carboxylic acids is 4. The van der Waals surface area contributed by atoms with Gasteiger partial charge >= 0.3 is 6.09 Å². The first-order valence-corrected chi connectivity index (χ1v) is 13.3. The Morgan fingerprint density at radius 3 is 2.20 bits per heavy atom. The molecule has 7 atom stereocenters. The van der Waals surface area contributed by atoms with Crippen molar-refractivity contribution in [2.75, 3.05) is 28.4 Å². The van der Waals surface area contributed by atoms with Gasteiger partial charge in [-0.15, -0.1) is 0 Å². The Hall–Kier alpha value is -3.38. The van der Waals surface area contributed by atoms with Crippen LogP contribution < -0.4 is 11.1 Å². The van der Waals surface area contributed by atoms with Crippen LogP contribution in [0.1, 0.15) is 34.1 Å². The third kappa shape index (κ3) is 8.80. The summed E-state index contributed by atoms with van der Waals surface area (Å²) in [5.74, 6) is -2.04. The molecule has 2 amide bonds. The number of ether oxygens (including phenoxy) is 5. The summed E-state index contributed by atoms with van der Waals surface area (Å²) in [5, 5.41) is 2.54. The molecule has 1 heterocycles. The third-order valence-electron chi connectivity index (χ3n) is 7.27. The van der Waals surface area contributed by atoms with Crippen molar-refractivity contribution in [2.24, 2.45) is 17.6 Å². The highest BCUT2D eigenvalue weighted by molar-refractivity contribution is 6.22. The number of ketones is 2. The van der Waals surface area contributed by atoms with E-state index >= 15 is 0 Å². The summed E-state index contributed by atoms with van der Waals surface area (Å²) >= 11 is 0. The smallest absolute Gasteiger partial charge is 0.405 e. The molecule has 0 spiro atoms. The molecule has 11 heteroatoms. The zero-order valence-corrected chi connectivity index (χ0v) is 25.0. The molecule has 0 radical (unpaired) electrons. The fraction of sp³-hybridized carbons (Fsp3) is 0.533. The minimum absolute atomic E-state index is 0.141. The Morgan fingerprint density at radius 2 is 1.63 bits per heavy atom. The van der Waals surface area contributed by atoms with Crippen LogP contribution in [-0.2, 0) is 38.1 Å². The van der Waals surface area contributed by atoms with Gasteiger partial charge in [0.1, 0.15) is 6.10 Å². The van der Waals surface area contributed by atoms with Crippen LogP contribution in [0.3, 0.4) is 0 Å². The van der Waals surface area contributed by atoms with Crippen LogP contribution in [-0.4, -0.2) is 82.5 Å². The number of fused-ring (bicyclic) bond motifs is 2. The van der Waals surface area contributed by atoms with Gasteiger partial charge < -0.3 is 34.7 Å². The van der Waals surface area contributed by atoms with Gasteiger partial charge in [0, 0.05) is 51.6 Å². The van der Waals surface area contributed by atoms with E-state index in [-0.39, 0.29) is 28.7 Å². The van der Waals surface area contributed by atoms with Crippen LogP contribution in [0.2, 0.25) is 0 Å². The van der Waals surface area contributed by atoms with Crippen molar-refractivity contribution in [1.82, 2.24) is 5.32 Å². The highest BCUT2D eigenvalue weighted by Gasteiger charge is 2.36. The lowest BCUT2D eigenvalue weighted by atomic mass is 9.84. The summed E-state index contributed by atoms with van der Waals surface area (Å²) in [4.78, 5) is 50.6. The number of Topliss-reactive ketones (excluding diaryl/α,β-unsaturated/α-hetero) is 1. The Labute approximate surface area is 241 Å². The van der Waals surface area contributed by atoms with E-state index in [2.05, 4.69) is 5.32 Å². The largest absolute Gasteiger partial charge is 0.439 e. The van der Waals surface area contributed by atoms with E-state index in [9.17, 15) is 19.2 Å². The molecule has 41 heavy (non-hydrogen) atoms. The average Bonchev–Trinajstić information content (AvgIpc) is 2.91. The number of carbonyl (C=O) groups is 4. The van der Waals surface area contributed by atoms with E-state index in [1.54, 1.807) is 40.2 Å². The SMILES string of the molecule is COC1[C@@H](OC)C[C@H](C)[C@@H](OC)C2=CC(=O)C=C(NC(=O)/C(C)=C/C=C\[C@H](OC)C(OC(N)=O)/C(C)=C/[C@@H]1C)C2=O. The molecule has 1 aliphatic heterocycles. The lowest BCUT2D eigenvalue weighted by molar-refractivity contribution is -0.120. The van der Waals surface area contributed by atoms with Crippen molar-refractivity contribution in [1.29, 1.82) is 0 Å². The monoisotopic (exact) mass is 574 g/mol. The number of hydrogen-bond acceptors (Lipinski definition) is 9. The molecule has 2 bridgehead atoms. The van der Waals surface area contributed by atoms with Crippen molar-refractivity contribution in [2.45, 2.75) is 64.6 Å². The second-order valence-corrected chi connectivity index (χ2v) is 10.2. The topological polar surface area (TPSA) is 152 Å². The fourth-order valence-electron chi connectivity index (χ4n) is 5.21. The van der Waals surface area contributed by atoms with Crippen LogP contribution in [0.4, 0.5) is 4.79 Å². The predicted octanol–water partition coefficient (Wildman–Crippen LogP) is 2.71. The molecule has 0 aromatic rings. The van der Waals surface area contributed by atoms with Gasteiger partial charge in [0.05, 0.1) is 24.0 Å². The molecule has 0 fully saturated rings. The Bertz CT molecular complexity index is 1150. The number of rotatable bonds is 5. The van der Waals surface area contributed by atoms with E-state index in [1.165, 1.54) is 26.4 Å². The maximum atomic E-state index is 13.4. The average molecular weight is 575 g/mol. The second-order valence-electron chi connectivity index (χ2n) is 10.2. The molecule has 2 unspecified atom stereocenters. The van der Waals surface area contributed by atoms with Crippen molar-refractivity contribution < 1.29 is 42.9 Å². The molecular weight excluding hydrogens is 532 g/mol. The van der Waals surface area contributed by atoms with Crippen LogP contribution in [0.15, 0.2) is 58.9 Å². The van der Waals surface area contributed by atoms with Gasteiger partial charge in [0.2, 0.25) is 5.78 Å². The van der Waals surface area contributed by atoms with Gasteiger partial charge in [0.25, 0.3) is 5.91 Å². The minimum Gasteiger partial charge on any atom is -0.439 e. The van der Waals surface area contributed by atoms with Gasteiger partial charge in [-0.1, -0.05) is 38.2 Å². The summed E-state index contributed by atoms with van der Waals surface area (Å²) in [6.45, 7) is 7.17. The zero-order valence-electron chi connectivity index (χ0n) is 25.0. The zero-order chi connectivity index (χ0) is 30.9. The number of primary amides is 1. The lowest BCUT2D eigenvalue weighted by Gasteiger charge is -2.34. The lowest BCUT2D eigenvalue weighted by Crippen LogP contribution is -2.41. The van der Waals surface area contributed by atoms with E-state index in [1.807, 2.05) is 19.9 Å². The van der Waals surface area contributed by atoms with Crippen molar-refractivity contribution in [3.63, 3.8) is 0 Å². The van der Waals surface area contributed by atoms with Crippen molar-refractivity contribution in [3.05, 3.63) is 58.9 Å². The van der Waals surface area contributed by atoms with Gasteiger partial charge in [-0.05, 0) is 37.8 Å². The predicted molar refractivity (Wildman–Crippen MR) is 152 cm³/mol.